The molecule has 0 radical (unpaired) electrons. The highest BCUT2D eigenvalue weighted by atomic mass is 16.5. The summed E-state index contributed by atoms with van der Waals surface area (Å²) < 4.78 is 5.14. The molecule has 4 heteroatoms. The minimum Gasteiger partial charge on any atom is -0.338 e. The Balaban J connectivity index is 2.08. The van der Waals surface area contributed by atoms with Gasteiger partial charge in [-0.05, 0) is 18.3 Å². The van der Waals surface area contributed by atoms with Gasteiger partial charge in [0.25, 0.3) is 0 Å². The second-order valence-electron chi connectivity index (χ2n) is 4.87. The van der Waals surface area contributed by atoms with Gasteiger partial charge in [-0.2, -0.15) is 4.98 Å². The van der Waals surface area contributed by atoms with Gasteiger partial charge in [-0.25, -0.2) is 0 Å². The van der Waals surface area contributed by atoms with Crippen LogP contribution in [-0.4, -0.2) is 10.1 Å². The zero-order chi connectivity index (χ0) is 11.1. The molecular weight excluding hydrogens is 190 g/mol. The number of aromatic nitrogens is 2. The van der Waals surface area contributed by atoms with E-state index in [2.05, 4.69) is 30.6 Å². The van der Waals surface area contributed by atoms with Gasteiger partial charge in [0, 0.05) is 5.92 Å². The number of nitrogens with zero attached hydrogens (tertiary/aromatic N) is 2. The van der Waals surface area contributed by atoms with Crippen molar-refractivity contribution in [2.24, 2.45) is 11.1 Å². The molecule has 1 fully saturated rings. The molecule has 1 aliphatic rings. The summed E-state index contributed by atoms with van der Waals surface area (Å²) in [5, 5.41) is 3.98. The fourth-order valence-electron chi connectivity index (χ4n) is 1.73. The van der Waals surface area contributed by atoms with E-state index in [9.17, 15) is 0 Å². The Hall–Kier alpha value is -1.16. The van der Waals surface area contributed by atoms with E-state index in [0.29, 0.717) is 23.6 Å². The summed E-state index contributed by atoms with van der Waals surface area (Å²) in [5.74, 6) is 1.76. The van der Waals surface area contributed by atoms with Crippen LogP contribution < -0.4 is 5.73 Å². The lowest BCUT2D eigenvalue weighted by Gasteiger charge is -2.00. The van der Waals surface area contributed by atoms with E-state index >= 15 is 0 Å². The van der Waals surface area contributed by atoms with E-state index in [1.807, 2.05) is 0 Å². The van der Waals surface area contributed by atoms with Gasteiger partial charge in [0.05, 0.1) is 6.04 Å². The minimum atomic E-state index is -0.217. The Morgan fingerprint density at radius 1 is 1.73 bits per heavy atom. The first kappa shape index (κ1) is 10.4. The number of hydrogen-bond donors (Lipinski definition) is 1. The van der Waals surface area contributed by atoms with Gasteiger partial charge in [0.1, 0.15) is 0 Å². The summed E-state index contributed by atoms with van der Waals surface area (Å²) in [7, 11) is 0. The van der Waals surface area contributed by atoms with Gasteiger partial charge in [-0.15, -0.1) is 6.58 Å². The van der Waals surface area contributed by atoms with Crippen molar-refractivity contribution in [3.05, 3.63) is 24.4 Å². The Bertz CT molecular complexity index is 370. The predicted molar refractivity (Wildman–Crippen MR) is 57.2 cm³/mol. The first-order valence-electron chi connectivity index (χ1n) is 5.24. The molecule has 1 saturated carbocycles. The van der Waals surface area contributed by atoms with Crippen molar-refractivity contribution in [1.29, 1.82) is 0 Å². The maximum Gasteiger partial charge on any atom is 0.243 e. The summed E-state index contributed by atoms with van der Waals surface area (Å²) >= 11 is 0. The SMILES string of the molecule is C=CCC(N)c1nc(C2CC2(C)C)no1. The van der Waals surface area contributed by atoms with Crippen LogP contribution in [0.1, 0.15) is 50.4 Å². The molecular formula is C11H17N3O. The number of rotatable bonds is 4. The molecule has 2 atom stereocenters. The quantitative estimate of drug-likeness (QED) is 0.768. The molecule has 0 aromatic carbocycles. The fraction of sp³-hybridized carbons (Fsp3) is 0.636. The molecule has 2 rings (SSSR count). The lowest BCUT2D eigenvalue weighted by molar-refractivity contribution is 0.350. The third-order valence-corrected chi connectivity index (χ3v) is 3.02. The summed E-state index contributed by atoms with van der Waals surface area (Å²) in [5.41, 5.74) is 6.16. The third-order valence-electron chi connectivity index (χ3n) is 3.02. The van der Waals surface area contributed by atoms with Gasteiger partial charge >= 0.3 is 0 Å². The van der Waals surface area contributed by atoms with Gasteiger partial charge < -0.3 is 10.3 Å². The topological polar surface area (TPSA) is 64.9 Å². The molecule has 0 spiro atoms. The van der Waals surface area contributed by atoms with E-state index in [1.54, 1.807) is 6.08 Å². The largest absolute Gasteiger partial charge is 0.338 e. The maximum absolute atomic E-state index is 5.84. The average molecular weight is 207 g/mol. The molecule has 1 aromatic rings. The van der Waals surface area contributed by atoms with Crippen LogP contribution in [0.25, 0.3) is 0 Å². The molecule has 1 aromatic heterocycles. The molecule has 0 saturated heterocycles. The number of hydrogen-bond acceptors (Lipinski definition) is 4. The summed E-state index contributed by atoms with van der Waals surface area (Å²) in [4.78, 5) is 4.34. The van der Waals surface area contributed by atoms with Gasteiger partial charge in [0.15, 0.2) is 5.82 Å². The zero-order valence-electron chi connectivity index (χ0n) is 9.23. The third kappa shape index (κ3) is 1.95. The van der Waals surface area contributed by atoms with Crippen molar-refractivity contribution in [3.63, 3.8) is 0 Å². The van der Waals surface area contributed by atoms with Crippen LogP contribution in [-0.2, 0) is 0 Å². The first-order chi connectivity index (χ1) is 7.04. The van der Waals surface area contributed by atoms with Gasteiger partial charge in [0.2, 0.25) is 5.89 Å². The number of nitrogens with two attached hydrogens (primary N) is 1. The lowest BCUT2D eigenvalue weighted by atomic mass is 10.1. The Kier molecular flexibility index (Phi) is 2.38. The molecule has 4 nitrogen and oxygen atoms in total. The predicted octanol–water partition coefficient (Wildman–Crippen LogP) is 2.16. The van der Waals surface area contributed by atoms with Crippen molar-refractivity contribution in [2.75, 3.05) is 0 Å². The monoisotopic (exact) mass is 207 g/mol. The highest BCUT2D eigenvalue weighted by Crippen LogP contribution is 2.57. The van der Waals surface area contributed by atoms with Crippen LogP contribution in [0.15, 0.2) is 17.2 Å². The Morgan fingerprint density at radius 3 is 2.93 bits per heavy atom. The van der Waals surface area contributed by atoms with Crippen molar-refractivity contribution in [1.82, 2.24) is 10.1 Å². The molecule has 0 bridgehead atoms. The zero-order valence-corrected chi connectivity index (χ0v) is 9.23. The Labute approximate surface area is 89.5 Å². The van der Waals surface area contributed by atoms with Crippen molar-refractivity contribution in [2.45, 2.75) is 38.6 Å². The van der Waals surface area contributed by atoms with Crippen LogP contribution >= 0.6 is 0 Å². The van der Waals surface area contributed by atoms with E-state index in [4.69, 9.17) is 10.3 Å². The smallest absolute Gasteiger partial charge is 0.243 e. The van der Waals surface area contributed by atoms with Gasteiger partial charge in [-0.3, -0.25) is 0 Å². The second-order valence-corrected chi connectivity index (χ2v) is 4.87. The molecule has 0 aliphatic heterocycles. The minimum absolute atomic E-state index is 0.217. The van der Waals surface area contributed by atoms with E-state index in [1.165, 1.54) is 0 Å². The summed E-state index contributed by atoms with van der Waals surface area (Å²) in [6.07, 6.45) is 3.55. The highest BCUT2D eigenvalue weighted by Gasteiger charge is 2.49. The lowest BCUT2D eigenvalue weighted by Crippen LogP contribution is -2.09. The molecule has 15 heavy (non-hydrogen) atoms. The van der Waals surface area contributed by atoms with Crippen molar-refractivity contribution < 1.29 is 4.52 Å². The molecule has 1 heterocycles. The summed E-state index contributed by atoms with van der Waals surface area (Å²) in [6.45, 7) is 8.05. The van der Waals surface area contributed by atoms with Crippen LogP contribution in [0.4, 0.5) is 0 Å². The maximum atomic E-state index is 5.84. The molecule has 82 valence electrons. The molecule has 1 aliphatic carbocycles. The standard InChI is InChI=1S/C11H17N3O/c1-4-5-8(12)10-13-9(14-15-10)7-6-11(7,2)3/h4,7-8H,1,5-6,12H2,2-3H3. The fourth-order valence-corrected chi connectivity index (χ4v) is 1.73. The van der Waals surface area contributed by atoms with Crippen LogP contribution in [0.3, 0.4) is 0 Å². The van der Waals surface area contributed by atoms with E-state index in [0.717, 1.165) is 12.2 Å². The van der Waals surface area contributed by atoms with Crippen molar-refractivity contribution in [3.8, 4) is 0 Å². The first-order valence-corrected chi connectivity index (χ1v) is 5.24. The average Bonchev–Trinajstić information content (AvgIpc) is 2.66. The Morgan fingerprint density at radius 2 is 2.40 bits per heavy atom. The molecule has 0 amide bonds. The summed E-state index contributed by atoms with van der Waals surface area (Å²) in [6, 6.07) is -0.217. The van der Waals surface area contributed by atoms with Crippen LogP contribution in [0.5, 0.6) is 0 Å². The molecule has 2 N–H and O–H groups in total. The van der Waals surface area contributed by atoms with Gasteiger partial charge in [-0.1, -0.05) is 25.1 Å². The van der Waals surface area contributed by atoms with Crippen molar-refractivity contribution >= 4 is 0 Å². The van der Waals surface area contributed by atoms with Crippen LogP contribution in [0.2, 0.25) is 0 Å². The molecule has 2 unspecified atom stereocenters. The van der Waals surface area contributed by atoms with E-state index in [-0.39, 0.29) is 6.04 Å². The normalized spacial score (nSPS) is 24.9. The second kappa shape index (κ2) is 3.45. The van der Waals surface area contributed by atoms with Crippen LogP contribution in [0, 0.1) is 5.41 Å². The highest BCUT2D eigenvalue weighted by molar-refractivity contribution is 5.14. The van der Waals surface area contributed by atoms with E-state index < -0.39 is 0 Å².